The average molecular weight is 304 g/mol. The molecule has 1 unspecified atom stereocenters. The van der Waals surface area contributed by atoms with Gasteiger partial charge in [-0.25, -0.2) is 0 Å². The predicted molar refractivity (Wildman–Crippen MR) is 81.2 cm³/mol. The summed E-state index contributed by atoms with van der Waals surface area (Å²) in [5, 5.41) is 0.960. The second kappa shape index (κ2) is 6.56. The lowest BCUT2D eigenvalue weighted by Crippen LogP contribution is -2.13. The van der Waals surface area contributed by atoms with Crippen LogP contribution >= 0.6 is 23.2 Å². The Bertz CT molecular complexity index is 662. The van der Waals surface area contributed by atoms with Gasteiger partial charge in [-0.1, -0.05) is 29.3 Å². The lowest BCUT2D eigenvalue weighted by atomic mass is 9.89. The van der Waals surface area contributed by atoms with Crippen molar-refractivity contribution in [3.63, 3.8) is 0 Å². The Morgan fingerprint density at radius 3 is 2.75 bits per heavy atom. The summed E-state index contributed by atoms with van der Waals surface area (Å²) in [6.07, 6.45) is 8.79. The third-order valence-electron chi connectivity index (χ3n) is 2.92. The molecule has 1 atom stereocenters. The topological polar surface area (TPSA) is 30.0 Å². The number of pyridine rings is 1. The van der Waals surface area contributed by atoms with Gasteiger partial charge in [0, 0.05) is 34.4 Å². The number of terminal acetylenes is 1. The number of nitrogens with zero attached hydrogens (tertiary/aromatic N) is 1. The fourth-order valence-electron chi connectivity index (χ4n) is 1.96. The first-order chi connectivity index (χ1) is 9.63. The summed E-state index contributed by atoms with van der Waals surface area (Å²) < 4.78 is 0. The van der Waals surface area contributed by atoms with E-state index in [1.165, 1.54) is 6.20 Å². The van der Waals surface area contributed by atoms with Crippen LogP contribution in [0.5, 0.6) is 0 Å². The van der Waals surface area contributed by atoms with Crippen LogP contribution in [0.3, 0.4) is 0 Å². The average Bonchev–Trinajstić information content (AvgIpc) is 2.46. The van der Waals surface area contributed by atoms with E-state index in [4.69, 9.17) is 29.6 Å². The molecule has 1 heterocycles. The Labute approximate surface area is 127 Å². The predicted octanol–water partition coefficient (Wildman–Crippen LogP) is 4.38. The normalized spacial score (nSPS) is 11.7. The molecule has 0 radical (unpaired) electrons. The lowest BCUT2D eigenvalue weighted by molar-refractivity contribution is 0.0960. The molecule has 0 fully saturated rings. The van der Waals surface area contributed by atoms with Gasteiger partial charge in [-0.3, -0.25) is 9.78 Å². The molecule has 0 saturated carbocycles. The van der Waals surface area contributed by atoms with Crippen molar-refractivity contribution in [1.29, 1.82) is 0 Å². The minimum atomic E-state index is -0.492. The number of benzene rings is 1. The van der Waals surface area contributed by atoms with Crippen LogP contribution in [0.15, 0.2) is 42.7 Å². The molecule has 0 amide bonds. The monoisotopic (exact) mass is 303 g/mol. The molecule has 2 aromatic rings. The van der Waals surface area contributed by atoms with Crippen molar-refractivity contribution in [2.24, 2.45) is 0 Å². The van der Waals surface area contributed by atoms with Gasteiger partial charge in [-0.15, -0.1) is 12.3 Å². The van der Waals surface area contributed by atoms with Crippen LogP contribution in [0.1, 0.15) is 28.3 Å². The van der Waals surface area contributed by atoms with Gasteiger partial charge >= 0.3 is 0 Å². The van der Waals surface area contributed by atoms with Crippen molar-refractivity contribution in [3.05, 3.63) is 63.9 Å². The smallest absolute Gasteiger partial charge is 0.172 e. The van der Waals surface area contributed by atoms with E-state index in [0.717, 1.165) is 0 Å². The van der Waals surface area contributed by atoms with Crippen molar-refractivity contribution >= 4 is 29.0 Å². The first kappa shape index (κ1) is 14.6. The zero-order chi connectivity index (χ0) is 14.5. The Morgan fingerprint density at radius 2 is 2.15 bits per heavy atom. The number of rotatable bonds is 4. The van der Waals surface area contributed by atoms with Crippen molar-refractivity contribution in [3.8, 4) is 12.3 Å². The quantitative estimate of drug-likeness (QED) is 0.620. The summed E-state index contributed by atoms with van der Waals surface area (Å²) in [5.74, 6) is 1.94. The molecule has 20 heavy (non-hydrogen) atoms. The fraction of sp³-hybridized carbons (Fsp3) is 0.125. The molecule has 2 nitrogen and oxygen atoms in total. The van der Waals surface area contributed by atoms with Crippen molar-refractivity contribution in [2.45, 2.75) is 12.3 Å². The molecular formula is C16H11Cl2NO. The van der Waals surface area contributed by atoms with E-state index in [2.05, 4.69) is 10.9 Å². The molecule has 100 valence electrons. The molecule has 0 aliphatic rings. The van der Waals surface area contributed by atoms with E-state index in [0.29, 0.717) is 21.2 Å². The SMILES string of the molecule is C#CCC(C(=O)c1cccnc1)c1ccc(Cl)cc1Cl. The summed E-state index contributed by atoms with van der Waals surface area (Å²) in [7, 11) is 0. The molecule has 0 spiro atoms. The first-order valence-electron chi connectivity index (χ1n) is 5.96. The largest absolute Gasteiger partial charge is 0.293 e. The highest BCUT2D eigenvalue weighted by molar-refractivity contribution is 6.35. The zero-order valence-corrected chi connectivity index (χ0v) is 12.0. The molecule has 1 aromatic heterocycles. The van der Waals surface area contributed by atoms with E-state index in [9.17, 15) is 4.79 Å². The number of hydrogen-bond donors (Lipinski definition) is 0. The minimum Gasteiger partial charge on any atom is -0.293 e. The maximum absolute atomic E-state index is 12.5. The standard InChI is InChI=1S/C16H11Cl2NO/c1-2-4-14(13-7-6-12(17)9-15(13)18)16(20)11-5-3-8-19-10-11/h1,3,5-10,14H,4H2. The minimum absolute atomic E-state index is 0.0970. The number of Topliss-reactive ketones (excluding diaryl/α,β-unsaturated/α-hetero) is 1. The molecule has 0 bridgehead atoms. The van der Waals surface area contributed by atoms with Gasteiger partial charge < -0.3 is 0 Å². The molecular weight excluding hydrogens is 293 g/mol. The van der Waals surface area contributed by atoms with E-state index >= 15 is 0 Å². The number of aromatic nitrogens is 1. The fourth-order valence-corrected chi connectivity index (χ4v) is 2.50. The number of carbonyl (C=O) groups excluding carboxylic acids is 1. The maximum atomic E-state index is 12.5. The van der Waals surface area contributed by atoms with Crippen LogP contribution < -0.4 is 0 Å². The summed E-state index contributed by atoms with van der Waals surface area (Å²) in [4.78, 5) is 16.5. The Kier molecular flexibility index (Phi) is 4.79. The van der Waals surface area contributed by atoms with Crippen LogP contribution in [0.4, 0.5) is 0 Å². The van der Waals surface area contributed by atoms with Crippen LogP contribution in [0.25, 0.3) is 0 Å². The maximum Gasteiger partial charge on any atom is 0.172 e. The molecule has 0 aliphatic heterocycles. The highest BCUT2D eigenvalue weighted by Crippen LogP contribution is 2.31. The van der Waals surface area contributed by atoms with Gasteiger partial charge in [0.05, 0.1) is 5.92 Å². The third kappa shape index (κ3) is 3.19. The summed E-state index contributed by atoms with van der Waals surface area (Å²) in [6, 6.07) is 8.47. The number of hydrogen-bond acceptors (Lipinski definition) is 2. The van der Waals surface area contributed by atoms with E-state index in [1.54, 1.807) is 36.5 Å². The van der Waals surface area contributed by atoms with Crippen LogP contribution in [-0.2, 0) is 0 Å². The van der Waals surface area contributed by atoms with Gasteiger partial charge in [0.15, 0.2) is 5.78 Å². The van der Waals surface area contributed by atoms with Gasteiger partial charge in [0.25, 0.3) is 0 Å². The highest BCUT2D eigenvalue weighted by Gasteiger charge is 2.23. The van der Waals surface area contributed by atoms with Gasteiger partial charge in [-0.2, -0.15) is 0 Å². The van der Waals surface area contributed by atoms with Gasteiger partial charge in [0.1, 0.15) is 0 Å². The number of carbonyl (C=O) groups is 1. The van der Waals surface area contributed by atoms with Crippen molar-refractivity contribution in [1.82, 2.24) is 4.98 Å². The summed E-state index contributed by atoms with van der Waals surface area (Å²) in [5.41, 5.74) is 1.20. The summed E-state index contributed by atoms with van der Waals surface area (Å²) >= 11 is 12.0. The lowest BCUT2D eigenvalue weighted by Gasteiger charge is -2.15. The van der Waals surface area contributed by atoms with E-state index in [1.807, 2.05) is 0 Å². The van der Waals surface area contributed by atoms with Gasteiger partial charge in [0.2, 0.25) is 0 Å². The Hall–Kier alpha value is -1.82. The molecule has 0 N–H and O–H groups in total. The second-order valence-corrected chi connectivity index (χ2v) is 5.08. The molecule has 1 aromatic carbocycles. The molecule has 0 aliphatic carbocycles. The Balaban J connectivity index is 2.41. The highest BCUT2D eigenvalue weighted by atomic mass is 35.5. The number of halogens is 2. The van der Waals surface area contributed by atoms with E-state index in [-0.39, 0.29) is 12.2 Å². The van der Waals surface area contributed by atoms with Crippen LogP contribution in [0, 0.1) is 12.3 Å². The third-order valence-corrected chi connectivity index (χ3v) is 3.48. The van der Waals surface area contributed by atoms with E-state index < -0.39 is 5.92 Å². The van der Waals surface area contributed by atoms with Crippen molar-refractivity contribution in [2.75, 3.05) is 0 Å². The second-order valence-electron chi connectivity index (χ2n) is 4.23. The van der Waals surface area contributed by atoms with Crippen molar-refractivity contribution < 1.29 is 4.79 Å². The zero-order valence-electron chi connectivity index (χ0n) is 10.5. The summed E-state index contributed by atoms with van der Waals surface area (Å²) in [6.45, 7) is 0. The molecule has 0 saturated heterocycles. The number of ketones is 1. The van der Waals surface area contributed by atoms with Crippen LogP contribution in [-0.4, -0.2) is 10.8 Å². The molecule has 4 heteroatoms. The van der Waals surface area contributed by atoms with Crippen LogP contribution in [0.2, 0.25) is 10.0 Å². The first-order valence-corrected chi connectivity index (χ1v) is 6.71. The molecule has 2 rings (SSSR count). The Morgan fingerprint density at radius 1 is 1.35 bits per heavy atom. The van der Waals surface area contributed by atoms with Gasteiger partial charge in [-0.05, 0) is 29.8 Å².